The Bertz CT molecular complexity index is 248. The van der Waals surface area contributed by atoms with Crippen LogP contribution in [0.15, 0.2) is 23.3 Å². The van der Waals surface area contributed by atoms with Crippen molar-refractivity contribution in [3.05, 3.63) is 23.3 Å². The lowest BCUT2D eigenvalue weighted by Gasteiger charge is -2.04. The van der Waals surface area contributed by atoms with E-state index in [1.165, 1.54) is 6.08 Å². The fourth-order valence-corrected chi connectivity index (χ4v) is 0.393. The number of hydrogen-bond donors (Lipinski definition) is 0. The summed E-state index contributed by atoms with van der Waals surface area (Å²) >= 11 is 0. The second kappa shape index (κ2) is 4.01. The van der Waals surface area contributed by atoms with Gasteiger partial charge in [0.2, 0.25) is 0 Å². The van der Waals surface area contributed by atoms with E-state index < -0.39 is 11.7 Å². The molecular formula is C9H9F3. The van der Waals surface area contributed by atoms with E-state index in [0.717, 1.165) is 13.0 Å². The van der Waals surface area contributed by atoms with E-state index in [1.54, 1.807) is 6.92 Å². The third-order valence-electron chi connectivity index (χ3n) is 1.26. The Hall–Kier alpha value is -1.17. The van der Waals surface area contributed by atoms with Crippen LogP contribution in [0.3, 0.4) is 0 Å². The lowest BCUT2D eigenvalue weighted by molar-refractivity contribution is -0.0912. The minimum atomic E-state index is -4.26. The number of terminal acetylenes is 1. The predicted molar refractivity (Wildman–Crippen MR) is 42.4 cm³/mol. The highest BCUT2D eigenvalue weighted by atomic mass is 19.4. The van der Waals surface area contributed by atoms with Gasteiger partial charge in [0.05, 0.1) is 0 Å². The minimum absolute atomic E-state index is 0.471. The molecular weight excluding hydrogens is 165 g/mol. The Kier molecular flexibility index (Phi) is 3.62. The summed E-state index contributed by atoms with van der Waals surface area (Å²) in [4.78, 5) is 0. The van der Waals surface area contributed by atoms with Gasteiger partial charge in [0.15, 0.2) is 0 Å². The fourth-order valence-electron chi connectivity index (χ4n) is 0.393. The molecule has 0 saturated carbocycles. The summed E-state index contributed by atoms with van der Waals surface area (Å²) < 4.78 is 35.6. The van der Waals surface area contributed by atoms with Gasteiger partial charge in [-0.05, 0) is 19.4 Å². The third kappa shape index (κ3) is 3.87. The van der Waals surface area contributed by atoms with Crippen molar-refractivity contribution >= 4 is 0 Å². The zero-order valence-electron chi connectivity index (χ0n) is 6.87. The molecule has 0 aliphatic carbocycles. The highest BCUT2D eigenvalue weighted by Gasteiger charge is 2.29. The molecule has 0 nitrogen and oxygen atoms in total. The van der Waals surface area contributed by atoms with E-state index in [0.29, 0.717) is 5.57 Å². The van der Waals surface area contributed by atoms with Crippen LogP contribution in [-0.4, -0.2) is 6.18 Å². The zero-order chi connectivity index (χ0) is 9.78. The van der Waals surface area contributed by atoms with E-state index in [9.17, 15) is 13.2 Å². The second-order valence-electron chi connectivity index (χ2n) is 2.34. The molecule has 0 N–H and O–H groups in total. The molecule has 0 saturated heterocycles. The molecule has 66 valence electrons. The van der Waals surface area contributed by atoms with Crippen LogP contribution < -0.4 is 0 Å². The van der Waals surface area contributed by atoms with E-state index in [2.05, 4.69) is 5.92 Å². The first-order chi connectivity index (χ1) is 5.38. The van der Waals surface area contributed by atoms with Crippen LogP contribution in [-0.2, 0) is 0 Å². The van der Waals surface area contributed by atoms with Gasteiger partial charge in [-0.15, -0.1) is 6.42 Å². The Morgan fingerprint density at radius 2 is 1.75 bits per heavy atom. The van der Waals surface area contributed by atoms with Crippen molar-refractivity contribution in [1.82, 2.24) is 0 Å². The smallest absolute Gasteiger partial charge is 0.166 e. The standard InChI is InChI=1S/C9H9F3/c1-4-7(2)5-6-8(3)9(10,11)12/h1,5-6H,2-3H3/b7-5-,8-6+. The van der Waals surface area contributed by atoms with Crippen molar-refractivity contribution in [3.63, 3.8) is 0 Å². The SMILES string of the molecule is C#C/C(C)=C\C=C(/C)C(F)(F)F. The average molecular weight is 174 g/mol. The van der Waals surface area contributed by atoms with Gasteiger partial charge in [-0.2, -0.15) is 13.2 Å². The molecule has 0 unspecified atom stereocenters. The van der Waals surface area contributed by atoms with Crippen molar-refractivity contribution < 1.29 is 13.2 Å². The predicted octanol–water partition coefficient (Wildman–Crippen LogP) is 3.07. The first kappa shape index (κ1) is 10.8. The molecule has 0 atom stereocenters. The van der Waals surface area contributed by atoms with E-state index in [1.807, 2.05) is 0 Å². The Morgan fingerprint density at radius 3 is 2.08 bits per heavy atom. The molecule has 12 heavy (non-hydrogen) atoms. The summed E-state index contributed by atoms with van der Waals surface area (Å²) in [5.74, 6) is 2.22. The molecule has 0 fully saturated rings. The fraction of sp³-hybridized carbons (Fsp3) is 0.333. The van der Waals surface area contributed by atoms with Crippen LogP contribution in [0.4, 0.5) is 13.2 Å². The normalized spacial score (nSPS) is 14.3. The number of rotatable bonds is 1. The summed E-state index contributed by atoms with van der Waals surface area (Å²) in [6, 6.07) is 0. The van der Waals surface area contributed by atoms with Crippen LogP contribution >= 0.6 is 0 Å². The lowest BCUT2D eigenvalue weighted by Crippen LogP contribution is -2.08. The number of allylic oxidation sites excluding steroid dienone is 4. The topological polar surface area (TPSA) is 0 Å². The van der Waals surface area contributed by atoms with Gasteiger partial charge in [0, 0.05) is 5.57 Å². The highest BCUT2D eigenvalue weighted by Crippen LogP contribution is 2.24. The molecule has 0 aliphatic rings. The Morgan fingerprint density at radius 1 is 1.25 bits per heavy atom. The number of halogens is 3. The molecule has 0 aromatic heterocycles. The maximum atomic E-state index is 11.9. The Labute approximate surface area is 69.8 Å². The van der Waals surface area contributed by atoms with E-state index in [-0.39, 0.29) is 0 Å². The molecule has 0 spiro atoms. The maximum Gasteiger partial charge on any atom is 0.412 e. The van der Waals surface area contributed by atoms with Crippen LogP contribution in [0, 0.1) is 12.3 Å². The summed E-state index contributed by atoms with van der Waals surface area (Å²) in [6.07, 6.45) is 2.91. The Balaban J connectivity index is 4.52. The molecule has 0 aliphatic heterocycles. The largest absolute Gasteiger partial charge is 0.412 e. The van der Waals surface area contributed by atoms with Gasteiger partial charge >= 0.3 is 6.18 Å². The molecule has 3 heteroatoms. The van der Waals surface area contributed by atoms with Crippen LogP contribution in [0.25, 0.3) is 0 Å². The molecule has 0 rings (SSSR count). The van der Waals surface area contributed by atoms with Crippen molar-refractivity contribution in [2.24, 2.45) is 0 Å². The first-order valence-electron chi connectivity index (χ1n) is 3.27. The van der Waals surface area contributed by atoms with Crippen molar-refractivity contribution in [2.75, 3.05) is 0 Å². The summed E-state index contributed by atoms with van der Waals surface area (Å²) in [5, 5.41) is 0. The summed E-state index contributed by atoms with van der Waals surface area (Å²) in [6.45, 7) is 2.57. The van der Waals surface area contributed by atoms with Crippen LogP contribution in [0.1, 0.15) is 13.8 Å². The summed E-state index contributed by atoms with van der Waals surface area (Å²) in [5.41, 5.74) is -0.185. The zero-order valence-corrected chi connectivity index (χ0v) is 6.87. The quantitative estimate of drug-likeness (QED) is 0.423. The lowest BCUT2D eigenvalue weighted by atomic mass is 10.2. The molecule has 0 aromatic rings. The maximum absolute atomic E-state index is 11.9. The third-order valence-corrected chi connectivity index (χ3v) is 1.26. The van der Waals surface area contributed by atoms with Crippen molar-refractivity contribution in [3.8, 4) is 12.3 Å². The van der Waals surface area contributed by atoms with Crippen LogP contribution in [0.2, 0.25) is 0 Å². The van der Waals surface area contributed by atoms with Gasteiger partial charge in [0.25, 0.3) is 0 Å². The second-order valence-corrected chi connectivity index (χ2v) is 2.34. The number of hydrogen-bond acceptors (Lipinski definition) is 0. The minimum Gasteiger partial charge on any atom is -0.166 e. The molecule has 0 radical (unpaired) electrons. The van der Waals surface area contributed by atoms with Gasteiger partial charge in [-0.3, -0.25) is 0 Å². The van der Waals surface area contributed by atoms with Gasteiger partial charge in [-0.1, -0.05) is 18.1 Å². The molecule has 0 bridgehead atoms. The van der Waals surface area contributed by atoms with E-state index >= 15 is 0 Å². The van der Waals surface area contributed by atoms with E-state index in [4.69, 9.17) is 6.42 Å². The molecule has 0 amide bonds. The summed E-state index contributed by atoms with van der Waals surface area (Å²) in [7, 11) is 0. The average Bonchev–Trinajstić information content (AvgIpc) is 1.97. The van der Waals surface area contributed by atoms with Crippen LogP contribution in [0.5, 0.6) is 0 Å². The first-order valence-corrected chi connectivity index (χ1v) is 3.27. The molecule has 0 aromatic carbocycles. The van der Waals surface area contributed by atoms with Gasteiger partial charge < -0.3 is 0 Å². The van der Waals surface area contributed by atoms with Gasteiger partial charge in [-0.25, -0.2) is 0 Å². The highest BCUT2D eigenvalue weighted by molar-refractivity contribution is 5.29. The molecule has 0 heterocycles. The van der Waals surface area contributed by atoms with Crippen molar-refractivity contribution in [2.45, 2.75) is 20.0 Å². The van der Waals surface area contributed by atoms with Crippen molar-refractivity contribution in [1.29, 1.82) is 0 Å². The number of alkyl halides is 3. The van der Waals surface area contributed by atoms with Gasteiger partial charge in [0.1, 0.15) is 0 Å². The monoisotopic (exact) mass is 174 g/mol.